The maximum absolute atomic E-state index is 6.51. The van der Waals surface area contributed by atoms with Gasteiger partial charge in [-0.1, -0.05) is 251 Å². The van der Waals surface area contributed by atoms with E-state index < -0.39 is 32.3 Å². The first-order chi connectivity index (χ1) is 30.9. The Labute approximate surface area is 387 Å². The quantitative estimate of drug-likeness (QED) is 0.0347. The Balaban J connectivity index is 1.57. The molecule has 0 saturated carbocycles. The van der Waals surface area contributed by atoms with Crippen LogP contribution in [0.2, 0.25) is 36.3 Å². The summed E-state index contributed by atoms with van der Waals surface area (Å²) < 4.78 is 16.0. The van der Waals surface area contributed by atoms with Crippen LogP contribution < -0.4 is 31.6 Å². The third kappa shape index (κ3) is 12.0. The summed E-state index contributed by atoms with van der Waals surface area (Å²) in [6, 6.07) is 47.3. The fraction of sp³-hybridized carbons (Fsp3) is 0.500. The molecule has 0 spiro atoms. The van der Waals surface area contributed by atoms with Crippen LogP contribution in [0.15, 0.2) is 118 Å². The molecule has 0 aliphatic heterocycles. The number of nitrogens with zero attached hydrogens (tertiary/aromatic N) is 1. The molecule has 0 saturated heterocycles. The van der Waals surface area contributed by atoms with E-state index >= 15 is 0 Å². The molecule has 3 nitrogen and oxygen atoms in total. The molecule has 4 aromatic carbocycles. The van der Waals surface area contributed by atoms with Crippen LogP contribution >= 0.6 is 16.1 Å². The molecule has 2 heterocycles. The third-order valence-corrected chi connectivity index (χ3v) is 30.6. The van der Waals surface area contributed by atoms with Crippen LogP contribution in [0.5, 0.6) is 0 Å². The number of benzene rings is 4. The Bertz CT molecular complexity index is 2020. The Morgan fingerprint density at radius 1 is 0.397 bits per heavy atom. The van der Waals surface area contributed by atoms with Crippen molar-refractivity contribution in [3.8, 4) is 0 Å². The van der Waals surface area contributed by atoms with Gasteiger partial charge >= 0.3 is 0 Å². The molecule has 2 atom stereocenters. The average molecular weight is 918 g/mol. The minimum atomic E-state index is -1.68. The van der Waals surface area contributed by atoms with Gasteiger partial charge in [-0.15, -0.1) is 0 Å². The standard InChI is InChI=1S/C56H81NO2P2Si2/c1-8-15-38-57(60(53-26-22-24-47-36-39-58-55(47)53)49-28-32-51(33-29-49)62(41-16-9-2,42-17-10-3)43-18-11-4)61(54-27-23-25-48-37-40-59-56(48)54)50-30-34-52(35-31-50)63(44-19-12-5,45-20-13-6)46-21-14-7/h22-37,39-40H,8-21,38,41-46H2,1-7H3. The summed E-state index contributed by atoms with van der Waals surface area (Å²) >= 11 is 0. The minimum Gasteiger partial charge on any atom is -0.464 e. The molecule has 2 unspecified atom stereocenters. The van der Waals surface area contributed by atoms with Crippen LogP contribution in [-0.4, -0.2) is 27.1 Å². The predicted octanol–water partition coefficient (Wildman–Crippen LogP) is 15.8. The Hall–Kier alpha value is -2.79. The molecule has 0 bridgehead atoms. The van der Waals surface area contributed by atoms with Gasteiger partial charge in [0.2, 0.25) is 0 Å². The molecule has 2 aromatic heterocycles. The van der Waals surface area contributed by atoms with Gasteiger partial charge in [0.15, 0.2) is 0 Å². The van der Waals surface area contributed by atoms with E-state index in [1.807, 2.05) is 12.5 Å². The molecule has 0 amide bonds. The van der Waals surface area contributed by atoms with Gasteiger partial charge in [0, 0.05) is 44.1 Å². The van der Waals surface area contributed by atoms with Gasteiger partial charge in [0.1, 0.15) is 11.2 Å². The monoisotopic (exact) mass is 918 g/mol. The van der Waals surface area contributed by atoms with Crippen molar-refractivity contribution in [2.75, 3.05) is 6.54 Å². The van der Waals surface area contributed by atoms with Crippen molar-refractivity contribution in [1.82, 2.24) is 4.44 Å². The smallest absolute Gasteiger partial charge is 0.143 e. The van der Waals surface area contributed by atoms with E-state index in [0.717, 1.165) is 30.6 Å². The van der Waals surface area contributed by atoms with Crippen molar-refractivity contribution >= 4 is 85.8 Å². The molecule has 340 valence electrons. The van der Waals surface area contributed by atoms with Crippen molar-refractivity contribution in [3.05, 3.63) is 110 Å². The molecule has 0 aliphatic carbocycles. The molecule has 7 heteroatoms. The van der Waals surface area contributed by atoms with E-state index in [1.165, 1.54) is 145 Å². The second kappa shape index (κ2) is 25.2. The van der Waals surface area contributed by atoms with Crippen molar-refractivity contribution < 1.29 is 8.83 Å². The third-order valence-electron chi connectivity index (χ3n) is 14.0. The number of furan rings is 2. The number of rotatable bonds is 29. The lowest BCUT2D eigenvalue weighted by Crippen LogP contribution is -2.48. The molecule has 0 radical (unpaired) electrons. The van der Waals surface area contributed by atoms with Gasteiger partial charge in [-0.3, -0.25) is 0 Å². The van der Waals surface area contributed by atoms with Gasteiger partial charge < -0.3 is 8.83 Å². The average Bonchev–Trinajstić information content (AvgIpc) is 4.02. The fourth-order valence-electron chi connectivity index (χ4n) is 10.3. The first-order valence-electron chi connectivity index (χ1n) is 25.4. The van der Waals surface area contributed by atoms with E-state index in [2.05, 4.69) is 150 Å². The highest BCUT2D eigenvalue weighted by Crippen LogP contribution is 2.56. The highest BCUT2D eigenvalue weighted by Gasteiger charge is 2.38. The molecule has 0 fully saturated rings. The Kier molecular flexibility index (Phi) is 19.9. The van der Waals surface area contributed by atoms with Crippen LogP contribution in [-0.2, 0) is 0 Å². The largest absolute Gasteiger partial charge is 0.464 e. The zero-order valence-corrected chi connectivity index (χ0v) is 44.2. The second-order valence-electron chi connectivity index (χ2n) is 18.6. The fourth-order valence-corrected chi connectivity index (χ4v) is 27.7. The highest BCUT2D eigenvalue weighted by atomic mass is 31.2. The topological polar surface area (TPSA) is 29.5 Å². The Morgan fingerprint density at radius 3 is 1.05 bits per heavy atom. The molecular weight excluding hydrogens is 837 g/mol. The summed E-state index contributed by atoms with van der Waals surface area (Å²) in [5.41, 5.74) is 2.07. The number of unbranched alkanes of at least 4 members (excludes halogenated alkanes) is 7. The summed E-state index contributed by atoms with van der Waals surface area (Å²) in [6.45, 7) is 17.6. The van der Waals surface area contributed by atoms with Gasteiger partial charge in [0.05, 0.1) is 28.7 Å². The van der Waals surface area contributed by atoms with E-state index in [9.17, 15) is 0 Å². The number of para-hydroxylation sites is 2. The van der Waals surface area contributed by atoms with Crippen LogP contribution in [0, 0.1) is 0 Å². The lowest BCUT2D eigenvalue weighted by Gasteiger charge is -2.40. The SMILES string of the molecule is CCCCN(P(c1ccc([Si](CCCC)(CCCC)CCCC)cc1)c1cccc2ccoc12)P(c1ccc([Si](CCCC)(CCCC)CCCC)cc1)c1cccc2ccoc12. The maximum atomic E-state index is 6.51. The van der Waals surface area contributed by atoms with E-state index in [1.54, 1.807) is 10.4 Å². The molecule has 6 aromatic rings. The van der Waals surface area contributed by atoms with Crippen LogP contribution in [0.4, 0.5) is 0 Å². The van der Waals surface area contributed by atoms with E-state index in [-0.39, 0.29) is 0 Å². The summed E-state index contributed by atoms with van der Waals surface area (Å²) in [5, 5.41) is 11.3. The number of hydrogen-bond donors (Lipinski definition) is 0. The van der Waals surface area contributed by atoms with Gasteiger partial charge in [0.25, 0.3) is 0 Å². The minimum absolute atomic E-state index is 0.996. The van der Waals surface area contributed by atoms with Crippen LogP contribution in [0.1, 0.15) is 138 Å². The molecular formula is C56H81NO2P2Si2. The number of hydrogen-bond acceptors (Lipinski definition) is 3. The molecule has 0 aliphatic rings. The summed E-state index contributed by atoms with van der Waals surface area (Å²) in [4.78, 5) is 0. The van der Waals surface area contributed by atoms with Gasteiger partial charge in [-0.2, -0.15) is 0 Å². The first kappa shape index (κ1) is 49.6. The Morgan fingerprint density at radius 2 is 0.730 bits per heavy atom. The van der Waals surface area contributed by atoms with Crippen molar-refractivity contribution in [2.24, 2.45) is 0 Å². The summed E-state index contributed by atoms with van der Waals surface area (Å²) in [5.74, 6) is 0. The lowest BCUT2D eigenvalue weighted by molar-refractivity contribution is 0.616. The zero-order valence-electron chi connectivity index (χ0n) is 40.4. The highest BCUT2D eigenvalue weighted by molar-refractivity contribution is 7.85. The maximum Gasteiger partial charge on any atom is 0.143 e. The van der Waals surface area contributed by atoms with Gasteiger partial charge in [-0.25, -0.2) is 4.44 Å². The van der Waals surface area contributed by atoms with Crippen molar-refractivity contribution in [1.29, 1.82) is 0 Å². The normalized spacial score (nSPS) is 13.4. The summed E-state index contributed by atoms with van der Waals surface area (Å²) in [6.07, 6.45) is 21.8. The molecule has 0 N–H and O–H groups in total. The lowest BCUT2D eigenvalue weighted by atomic mass is 10.3. The van der Waals surface area contributed by atoms with Crippen molar-refractivity contribution in [3.63, 3.8) is 0 Å². The molecule has 6 rings (SSSR count). The summed E-state index contributed by atoms with van der Waals surface area (Å²) in [7, 11) is -5.38. The van der Waals surface area contributed by atoms with Crippen LogP contribution in [0.3, 0.4) is 0 Å². The first-order valence-corrected chi connectivity index (χ1v) is 33.3. The van der Waals surface area contributed by atoms with Crippen LogP contribution in [0.25, 0.3) is 21.9 Å². The van der Waals surface area contributed by atoms with E-state index in [4.69, 9.17) is 8.83 Å². The zero-order chi connectivity index (χ0) is 44.5. The predicted molar refractivity (Wildman–Crippen MR) is 288 cm³/mol. The van der Waals surface area contributed by atoms with Gasteiger partial charge in [-0.05, 0) is 41.3 Å². The van der Waals surface area contributed by atoms with Crippen molar-refractivity contribution in [2.45, 2.75) is 175 Å². The van der Waals surface area contributed by atoms with E-state index in [0.29, 0.717) is 0 Å². The number of fused-ring (bicyclic) bond motifs is 2. The second-order valence-corrected chi connectivity index (χ2v) is 32.4. The molecule has 63 heavy (non-hydrogen) atoms.